The SMILES string of the molecule is CCOc1ccc2nc(N(Cc3ccccn3)C(=O)CS(=O)(=O)c3ccc(C)cc3)sc2c1. The van der Waals surface area contributed by atoms with Crippen LogP contribution in [0.5, 0.6) is 5.75 Å². The van der Waals surface area contributed by atoms with Gasteiger partial charge in [0.05, 0.1) is 34.0 Å². The van der Waals surface area contributed by atoms with Crippen LogP contribution in [0.1, 0.15) is 18.2 Å². The number of carbonyl (C=O) groups excluding carboxylic acids is 1. The molecule has 9 heteroatoms. The third kappa shape index (κ3) is 5.37. The van der Waals surface area contributed by atoms with Crippen LogP contribution in [0.4, 0.5) is 5.13 Å². The van der Waals surface area contributed by atoms with Crippen LogP contribution in [-0.2, 0) is 21.2 Å². The number of rotatable bonds is 8. The lowest BCUT2D eigenvalue weighted by Gasteiger charge is -2.19. The Morgan fingerprint density at radius 1 is 1.09 bits per heavy atom. The van der Waals surface area contributed by atoms with Gasteiger partial charge in [-0.25, -0.2) is 13.4 Å². The van der Waals surface area contributed by atoms with Gasteiger partial charge in [-0.3, -0.25) is 14.7 Å². The number of amides is 1. The Bertz CT molecular complexity index is 1370. The average molecular weight is 482 g/mol. The van der Waals surface area contributed by atoms with Crippen molar-refractivity contribution in [3.63, 3.8) is 0 Å². The van der Waals surface area contributed by atoms with E-state index < -0.39 is 21.5 Å². The molecule has 0 atom stereocenters. The Morgan fingerprint density at radius 3 is 2.58 bits per heavy atom. The number of nitrogens with zero attached hydrogens (tertiary/aromatic N) is 3. The summed E-state index contributed by atoms with van der Waals surface area (Å²) >= 11 is 1.31. The lowest BCUT2D eigenvalue weighted by atomic mass is 10.2. The first kappa shape index (κ1) is 22.9. The Morgan fingerprint density at radius 2 is 1.88 bits per heavy atom. The summed E-state index contributed by atoms with van der Waals surface area (Å²) in [6, 6.07) is 17.4. The second-order valence-electron chi connectivity index (χ2n) is 7.43. The zero-order chi connectivity index (χ0) is 23.4. The first-order valence-electron chi connectivity index (χ1n) is 10.4. The number of aryl methyl sites for hydroxylation is 1. The van der Waals surface area contributed by atoms with E-state index >= 15 is 0 Å². The molecule has 0 N–H and O–H groups in total. The smallest absolute Gasteiger partial charge is 0.244 e. The minimum absolute atomic E-state index is 0.112. The first-order valence-corrected chi connectivity index (χ1v) is 12.9. The number of carbonyl (C=O) groups is 1. The maximum atomic E-state index is 13.3. The number of pyridine rings is 1. The summed E-state index contributed by atoms with van der Waals surface area (Å²) in [4.78, 5) is 23.7. The molecule has 0 bridgehead atoms. The van der Waals surface area contributed by atoms with Crippen molar-refractivity contribution in [3.8, 4) is 5.75 Å². The van der Waals surface area contributed by atoms with E-state index in [-0.39, 0.29) is 11.4 Å². The molecular weight excluding hydrogens is 458 g/mol. The van der Waals surface area contributed by atoms with E-state index in [9.17, 15) is 13.2 Å². The van der Waals surface area contributed by atoms with Gasteiger partial charge in [0, 0.05) is 6.20 Å². The molecule has 33 heavy (non-hydrogen) atoms. The zero-order valence-electron chi connectivity index (χ0n) is 18.3. The van der Waals surface area contributed by atoms with Gasteiger partial charge in [0.25, 0.3) is 0 Å². The standard InChI is InChI=1S/C24H23N3O4S2/c1-3-31-19-9-12-21-22(14-19)32-24(26-21)27(15-18-6-4-5-13-25-18)23(28)16-33(29,30)20-10-7-17(2)8-11-20/h4-14H,3,15-16H2,1-2H3. The molecule has 0 unspecified atom stereocenters. The van der Waals surface area contributed by atoms with E-state index in [1.807, 2.05) is 38.1 Å². The van der Waals surface area contributed by atoms with Crippen LogP contribution in [0.2, 0.25) is 0 Å². The Kier molecular flexibility index (Phi) is 6.71. The highest BCUT2D eigenvalue weighted by atomic mass is 32.2. The van der Waals surface area contributed by atoms with Crippen molar-refractivity contribution in [1.29, 1.82) is 0 Å². The van der Waals surface area contributed by atoms with Crippen molar-refractivity contribution in [2.45, 2.75) is 25.3 Å². The number of ether oxygens (including phenoxy) is 1. The van der Waals surface area contributed by atoms with Crippen molar-refractivity contribution in [2.24, 2.45) is 0 Å². The van der Waals surface area contributed by atoms with Gasteiger partial charge >= 0.3 is 0 Å². The lowest BCUT2D eigenvalue weighted by molar-refractivity contribution is -0.116. The molecule has 170 valence electrons. The molecule has 0 aliphatic carbocycles. The largest absolute Gasteiger partial charge is 0.494 e. The number of hydrogen-bond acceptors (Lipinski definition) is 7. The molecule has 7 nitrogen and oxygen atoms in total. The molecule has 2 aromatic heterocycles. The molecule has 0 saturated heterocycles. The van der Waals surface area contributed by atoms with Crippen LogP contribution in [0, 0.1) is 6.92 Å². The van der Waals surface area contributed by atoms with Crippen LogP contribution in [0.3, 0.4) is 0 Å². The number of aromatic nitrogens is 2. The molecule has 0 fully saturated rings. The fourth-order valence-electron chi connectivity index (χ4n) is 3.25. The molecule has 0 spiro atoms. The summed E-state index contributed by atoms with van der Waals surface area (Å²) in [7, 11) is -3.82. The van der Waals surface area contributed by atoms with Crippen molar-refractivity contribution in [2.75, 3.05) is 17.3 Å². The Balaban J connectivity index is 1.68. The van der Waals surface area contributed by atoms with Gasteiger partial charge in [-0.05, 0) is 56.3 Å². The van der Waals surface area contributed by atoms with E-state index in [2.05, 4.69) is 9.97 Å². The minimum atomic E-state index is -3.82. The fourth-order valence-corrected chi connectivity index (χ4v) is 5.46. The summed E-state index contributed by atoms with van der Waals surface area (Å²) in [6.45, 7) is 4.43. The molecule has 0 aliphatic heterocycles. The van der Waals surface area contributed by atoms with Crippen LogP contribution < -0.4 is 9.64 Å². The number of fused-ring (bicyclic) bond motifs is 1. The molecule has 4 rings (SSSR count). The molecule has 0 aliphatic rings. The van der Waals surface area contributed by atoms with Crippen LogP contribution in [0.15, 0.2) is 71.8 Å². The molecule has 1 amide bonds. The highest BCUT2D eigenvalue weighted by molar-refractivity contribution is 7.92. The summed E-state index contributed by atoms with van der Waals surface area (Å²) in [5, 5.41) is 0.411. The van der Waals surface area contributed by atoms with Gasteiger partial charge in [0.1, 0.15) is 11.5 Å². The van der Waals surface area contributed by atoms with Gasteiger partial charge in [-0.1, -0.05) is 35.1 Å². The van der Waals surface area contributed by atoms with E-state index in [1.165, 1.54) is 28.4 Å². The second kappa shape index (κ2) is 9.68. The number of thiazole rings is 1. The van der Waals surface area contributed by atoms with Gasteiger partial charge in [0.15, 0.2) is 15.0 Å². The highest BCUT2D eigenvalue weighted by Crippen LogP contribution is 2.32. The topological polar surface area (TPSA) is 89.5 Å². The molecule has 4 aromatic rings. The Labute approximate surface area is 196 Å². The average Bonchev–Trinajstić information content (AvgIpc) is 3.21. The number of benzene rings is 2. The molecule has 2 aromatic carbocycles. The second-order valence-corrected chi connectivity index (χ2v) is 10.4. The van der Waals surface area contributed by atoms with Crippen molar-refractivity contribution in [1.82, 2.24) is 9.97 Å². The summed E-state index contributed by atoms with van der Waals surface area (Å²) in [5.74, 6) is -0.515. The van der Waals surface area contributed by atoms with E-state index in [1.54, 1.807) is 30.5 Å². The third-order valence-electron chi connectivity index (χ3n) is 4.93. The molecule has 2 heterocycles. The maximum absolute atomic E-state index is 13.3. The van der Waals surface area contributed by atoms with Gasteiger partial charge in [-0.15, -0.1) is 0 Å². The van der Waals surface area contributed by atoms with Gasteiger partial charge < -0.3 is 4.74 Å². The molecule has 0 radical (unpaired) electrons. The van der Waals surface area contributed by atoms with Crippen molar-refractivity contribution < 1.29 is 17.9 Å². The highest BCUT2D eigenvalue weighted by Gasteiger charge is 2.27. The van der Waals surface area contributed by atoms with E-state index in [4.69, 9.17) is 4.74 Å². The summed E-state index contributed by atoms with van der Waals surface area (Å²) in [5.41, 5.74) is 2.28. The quantitative estimate of drug-likeness (QED) is 0.370. The van der Waals surface area contributed by atoms with E-state index in [0.29, 0.717) is 28.7 Å². The lowest BCUT2D eigenvalue weighted by Crippen LogP contribution is -2.35. The number of sulfone groups is 1. The fraction of sp³-hybridized carbons (Fsp3) is 0.208. The van der Waals surface area contributed by atoms with Crippen molar-refractivity contribution in [3.05, 3.63) is 78.1 Å². The summed E-state index contributed by atoms with van der Waals surface area (Å²) in [6.07, 6.45) is 1.63. The predicted octanol–water partition coefficient (Wildman–Crippen LogP) is 4.41. The normalized spacial score (nSPS) is 11.5. The number of anilines is 1. The van der Waals surface area contributed by atoms with E-state index in [0.717, 1.165) is 10.3 Å². The Hall–Kier alpha value is -3.30. The molecule has 0 saturated carbocycles. The van der Waals surface area contributed by atoms with Gasteiger partial charge in [-0.2, -0.15) is 0 Å². The third-order valence-corrected chi connectivity index (χ3v) is 7.59. The maximum Gasteiger partial charge on any atom is 0.244 e. The predicted molar refractivity (Wildman–Crippen MR) is 129 cm³/mol. The first-order chi connectivity index (χ1) is 15.9. The minimum Gasteiger partial charge on any atom is -0.494 e. The number of hydrogen-bond donors (Lipinski definition) is 0. The zero-order valence-corrected chi connectivity index (χ0v) is 19.9. The van der Waals surface area contributed by atoms with Crippen LogP contribution in [-0.4, -0.2) is 36.7 Å². The van der Waals surface area contributed by atoms with Crippen LogP contribution >= 0.6 is 11.3 Å². The summed E-state index contributed by atoms with van der Waals surface area (Å²) < 4.78 is 32.3. The van der Waals surface area contributed by atoms with Crippen molar-refractivity contribution >= 4 is 42.4 Å². The van der Waals surface area contributed by atoms with Gasteiger partial charge in [0.2, 0.25) is 5.91 Å². The molecular formula is C24H23N3O4S2. The van der Waals surface area contributed by atoms with Crippen LogP contribution in [0.25, 0.3) is 10.2 Å². The monoisotopic (exact) mass is 481 g/mol.